The van der Waals surface area contributed by atoms with E-state index >= 15 is 0 Å². The Morgan fingerprint density at radius 3 is 2.63 bits per heavy atom. The molecule has 0 fully saturated rings. The molecule has 0 radical (unpaired) electrons. The molecule has 35 heavy (non-hydrogen) atoms. The van der Waals surface area contributed by atoms with Crippen LogP contribution in [0.1, 0.15) is 22.5 Å². The fourth-order valence-corrected chi connectivity index (χ4v) is 4.01. The summed E-state index contributed by atoms with van der Waals surface area (Å²) in [6.45, 7) is 2.48. The standard InChI is InChI=1S/C26H24N4O5/c1-16-24-19(14-20(17-7-4-3-5-8-17)28-25(24)30(2)29-16)26(32)35-15-23(31)27-18-9-10-21-22(13-18)34-12-6-11-33-21/h3-5,7-10,13-14H,6,11-12,15H2,1-2H3,(H,27,31). The topological polar surface area (TPSA) is 105 Å². The molecule has 2 aromatic heterocycles. The molecule has 178 valence electrons. The number of hydrogen-bond acceptors (Lipinski definition) is 7. The van der Waals surface area contributed by atoms with E-state index in [1.807, 2.05) is 30.3 Å². The van der Waals surface area contributed by atoms with Gasteiger partial charge in [-0.25, -0.2) is 9.78 Å². The summed E-state index contributed by atoms with van der Waals surface area (Å²) in [5.74, 6) is 0.107. The van der Waals surface area contributed by atoms with Crippen LogP contribution in [0.3, 0.4) is 0 Å². The number of anilines is 1. The average molecular weight is 473 g/mol. The van der Waals surface area contributed by atoms with Gasteiger partial charge in [0.1, 0.15) is 0 Å². The molecule has 0 saturated carbocycles. The molecule has 0 saturated heterocycles. The molecule has 0 unspecified atom stereocenters. The van der Waals surface area contributed by atoms with Gasteiger partial charge in [-0.3, -0.25) is 9.48 Å². The van der Waals surface area contributed by atoms with Gasteiger partial charge in [-0.2, -0.15) is 5.10 Å². The third-order valence-electron chi connectivity index (χ3n) is 5.62. The van der Waals surface area contributed by atoms with E-state index in [1.165, 1.54) is 0 Å². The van der Waals surface area contributed by atoms with Gasteiger partial charge < -0.3 is 19.5 Å². The van der Waals surface area contributed by atoms with E-state index in [1.54, 1.807) is 42.9 Å². The zero-order chi connectivity index (χ0) is 24.4. The van der Waals surface area contributed by atoms with E-state index < -0.39 is 18.5 Å². The SMILES string of the molecule is Cc1nn(C)c2nc(-c3ccccc3)cc(C(=O)OCC(=O)Nc3ccc4c(c3)OCCCO4)c12. The normalized spacial score (nSPS) is 12.7. The van der Waals surface area contributed by atoms with E-state index in [2.05, 4.69) is 10.4 Å². The lowest BCUT2D eigenvalue weighted by atomic mass is 10.1. The number of nitrogens with one attached hydrogen (secondary N) is 1. The maximum atomic E-state index is 13.1. The summed E-state index contributed by atoms with van der Waals surface area (Å²) in [5.41, 5.74) is 3.52. The smallest absolute Gasteiger partial charge is 0.339 e. The van der Waals surface area contributed by atoms with E-state index in [9.17, 15) is 9.59 Å². The molecule has 0 atom stereocenters. The number of rotatable bonds is 5. The van der Waals surface area contributed by atoms with Crippen LogP contribution in [0.5, 0.6) is 11.5 Å². The van der Waals surface area contributed by atoms with Crippen LogP contribution in [0.2, 0.25) is 0 Å². The van der Waals surface area contributed by atoms with Crippen molar-refractivity contribution in [1.29, 1.82) is 0 Å². The van der Waals surface area contributed by atoms with Gasteiger partial charge in [0.15, 0.2) is 23.8 Å². The first-order chi connectivity index (χ1) is 17.0. The fourth-order valence-electron chi connectivity index (χ4n) is 4.01. The Morgan fingerprint density at radius 1 is 1.06 bits per heavy atom. The Morgan fingerprint density at radius 2 is 1.83 bits per heavy atom. The summed E-state index contributed by atoms with van der Waals surface area (Å²) in [4.78, 5) is 30.3. The van der Waals surface area contributed by atoms with Gasteiger partial charge in [0, 0.05) is 30.8 Å². The van der Waals surface area contributed by atoms with Crippen LogP contribution in [0.15, 0.2) is 54.6 Å². The Balaban J connectivity index is 1.34. The maximum absolute atomic E-state index is 13.1. The minimum Gasteiger partial charge on any atom is -0.490 e. The van der Waals surface area contributed by atoms with Gasteiger partial charge in [0.25, 0.3) is 5.91 Å². The van der Waals surface area contributed by atoms with Gasteiger partial charge in [0.2, 0.25) is 0 Å². The van der Waals surface area contributed by atoms with Crippen molar-refractivity contribution in [2.45, 2.75) is 13.3 Å². The molecule has 0 bridgehead atoms. The van der Waals surface area contributed by atoms with Crippen LogP contribution in [-0.2, 0) is 16.6 Å². The summed E-state index contributed by atoms with van der Waals surface area (Å²) in [6, 6.07) is 16.4. The highest BCUT2D eigenvalue weighted by Gasteiger charge is 2.21. The van der Waals surface area contributed by atoms with Crippen molar-refractivity contribution in [2.24, 2.45) is 7.05 Å². The lowest BCUT2D eigenvalue weighted by Crippen LogP contribution is -2.21. The van der Waals surface area contributed by atoms with Crippen molar-refractivity contribution < 1.29 is 23.8 Å². The Kier molecular flexibility index (Phi) is 6.05. The fraction of sp³-hybridized carbons (Fsp3) is 0.231. The number of ether oxygens (including phenoxy) is 3. The van der Waals surface area contributed by atoms with Crippen LogP contribution in [0, 0.1) is 6.92 Å². The lowest BCUT2D eigenvalue weighted by molar-refractivity contribution is -0.119. The molecule has 0 spiro atoms. The molecular weight excluding hydrogens is 448 g/mol. The quantitative estimate of drug-likeness (QED) is 0.439. The second-order valence-corrected chi connectivity index (χ2v) is 8.17. The molecular formula is C26H24N4O5. The predicted molar refractivity (Wildman–Crippen MR) is 130 cm³/mol. The summed E-state index contributed by atoms with van der Waals surface area (Å²) in [6.07, 6.45) is 0.789. The number of benzene rings is 2. The Labute approximate surface area is 201 Å². The number of nitrogens with zero attached hydrogens (tertiary/aromatic N) is 3. The molecule has 1 aliphatic rings. The van der Waals surface area contributed by atoms with Crippen LogP contribution >= 0.6 is 0 Å². The summed E-state index contributed by atoms with van der Waals surface area (Å²) in [7, 11) is 1.77. The number of amides is 1. The van der Waals surface area contributed by atoms with Gasteiger partial charge in [-0.05, 0) is 25.1 Å². The minimum absolute atomic E-state index is 0.308. The first kappa shape index (κ1) is 22.4. The van der Waals surface area contributed by atoms with Crippen molar-refractivity contribution in [2.75, 3.05) is 25.1 Å². The molecule has 1 amide bonds. The second-order valence-electron chi connectivity index (χ2n) is 8.17. The van der Waals surface area contributed by atoms with Gasteiger partial charge in [-0.15, -0.1) is 0 Å². The van der Waals surface area contributed by atoms with Crippen molar-refractivity contribution >= 4 is 28.6 Å². The van der Waals surface area contributed by atoms with Crippen LogP contribution in [0.4, 0.5) is 5.69 Å². The third kappa shape index (κ3) is 4.65. The van der Waals surface area contributed by atoms with Gasteiger partial charge >= 0.3 is 5.97 Å². The highest BCUT2D eigenvalue weighted by atomic mass is 16.5. The van der Waals surface area contributed by atoms with Crippen molar-refractivity contribution in [3.05, 3.63) is 65.9 Å². The van der Waals surface area contributed by atoms with Crippen LogP contribution in [-0.4, -0.2) is 46.5 Å². The van der Waals surface area contributed by atoms with Crippen LogP contribution < -0.4 is 14.8 Å². The molecule has 9 nitrogen and oxygen atoms in total. The van der Waals surface area contributed by atoms with E-state index in [0.717, 1.165) is 12.0 Å². The van der Waals surface area contributed by atoms with Crippen molar-refractivity contribution in [3.63, 3.8) is 0 Å². The third-order valence-corrected chi connectivity index (χ3v) is 5.62. The number of aryl methyl sites for hydroxylation is 2. The van der Waals surface area contributed by atoms with E-state index in [-0.39, 0.29) is 0 Å². The summed E-state index contributed by atoms with van der Waals surface area (Å²) < 4.78 is 18.3. The zero-order valence-electron chi connectivity index (χ0n) is 19.4. The Hall–Kier alpha value is -4.40. The monoisotopic (exact) mass is 472 g/mol. The number of fused-ring (bicyclic) bond motifs is 2. The molecule has 0 aliphatic carbocycles. The minimum atomic E-state index is -0.625. The van der Waals surface area contributed by atoms with Gasteiger partial charge in [0.05, 0.1) is 35.6 Å². The zero-order valence-corrected chi connectivity index (χ0v) is 19.4. The molecule has 3 heterocycles. The summed E-state index contributed by atoms with van der Waals surface area (Å²) >= 11 is 0. The Bertz CT molecular complexity index is 1410. The predicted octanol–water partition coefficient (Wildman–Crippen LogP) is 3.90. The number of aromatic nitrogens is 3. The average Bonchev–Trinajstić information content (AvgIpc) is 3.01. The maximum Gasteiger partial charge on any atom is 0.339 e. The van der Waals surface area contributed by atoms with E-state index in [4.69, 9.17) is 19.2 Å². The highest BCUT2D eigenvalue weighted by Crippen LogP contribution is 2.32. The molecule has 4 aromatic rings. The second kappa shape index (κ2) is 9.46. The highest BCUT2D eigenvalue weighted by molar-refractivity contribution is 6.06. The van der Waals surface area contributed by atoms with Crippen molar-refractivity contribution in [3.8, 4) is 22.8 Å². The number of hydrogen-bond donors (Lipinski definition) is 1. The molecule has 1 aliphatic heterocycles. The first-order valence-corrected chi connectivity index (χ1v) is 11.3. The van der Waals surface area contributed by atoms with Gasteiger partial charge in [-0.1, -0.05) is 30.3 Å². The number of pyridine rings is 1. The lowest BCUT2D eigenvalue weighted by Gasteiger charge is -2.11. The summed E-state index contributed by atoms with van der Waals surface area (Å²) in [5, 5.41) is 7.73. The molecule has 1 N–H and O–H groups in total. The molecule has 5 rings (SSSR count). The van der Waals surface area contributed by atoms with Crippen molar-refractivity contribution in [1.82, 2.24) is 14.8 Å². The first-order valence-electron chi connectivity index (χ1n) is 11.3. The number of carbonyl (C=O) groups is 2. The molecule has 2 aromatic carbocycles. The number of carbonyl (C=O) groups excluding carboxylic acids is 2. The van der Waals surface area contributed by atoms with E-state index in [0.29, 0.717) is 58.4 Å². The number of esters is 1. The largest absolute Gasteiger partial charge is 0.490 e. The van der Waals surface area contributed by atoms with Crippen LogP contribution in [0.25, 0.3) is 22.3 Å². The molecule has 9 heteroatoms.